The molecule has 2 aromatic heterocycles. The maximum atomic E-state index is 13.0. The Kier molecular flexibility index (Phi) is 5.94. The summed E-state index contributed by atoms with van der Waals surface area (Å²) in [7, 11) is 5.00. The van der Waals surface area contributed by atoms with Gasteiger partial charge in [0.1, 0.15) is 16.2 Å². The average Bonchev–Trinajstić information content (AvgIpc) is 3.11. The Labute approximate surface area is 186 Å². The molecular formula is C21H19N3O3S3. The van der Waals surface area contributed by atoms with Gasteiger partial charge in [0.15, 0.2) is 14.8 Å². The van der Waals surface area contributed by atoms with Gasteiger partial charge in [-0.15, -0.1) is 0 Å². The summed E-state index contributed by atoms with van der Waals surface area (Å²) in [6.45, 7) is 0. The van der Waals surface area contributed by atoms with Crippen molar-refractivity contribution >= 4 is 45.7 Å². The van der Waals surface area contributed by atoms with Crippen LogP contribution in [0.1, 0.15) is 5.56 Å². The highest BCUT2D eigenvalue weighted by Crippen LogP contribution is 2.28. The lowest BCUT2D eigenvalue weighted by molar-refractivity contribution is 0.414. The van der Waals surface area contributed by atoms with Crippen molar-refractivity contribution in [2.24, 2.45) is 7.05 Å². The first-order valence-corrected chi connectivity index (χ1v) is 11.3. The van der Waals surface area contributed by atoms with E-state index in [1.165, 1.54) is 23.1 Å². The lowest BCUT2D eigenvalue weighted by Gasteiger charge is -2.10. The zero-order valence-corrected chi connectivity index (χ0v) is 19.1. The van der Waals surface area contributed by atoms with E-state index in [0.29, 0.717) is 31.0 Å². The fourth-order valence-electron chi connectivity index (χ4n) is 3.03. The zero-order chi connectivity index (χ0) is 21.3. The summed E-state index contributed by atoms with van der Waals surface area (Å²) in [4.78, 5) is 17.8. The van der Waals surface area contributed by atoms with Gasteiger partial charge in [0.05, 0.1) is 19.9 Å². The Morgan fingerprint density at radius 3 is 2.53 bits per heavy atom. The van der Waals surface area contributed by atoms with Crippen LogP contribution in [0.25, 0.3) is 16.0 Å². The van der Waals surface area contributed by atoms with Crippen LogP contribution >= 0.6 is 35.3 Å². The van der Waals surface area contributed by atoms with Crippen molar-refractivity contribution in [1.82, 2.24) is 14.1 Å². The largest absolute Gasteiger partial charge is 0.497 e. The Hall–Kier alpha value is -2.62. The number of nitrogens with zero attached hydrogens (tertiary/aromatic N) is 3. The van der Waals surface area contributed by atoms with Gasteiger partial charge < -0.3 is 9.47 Å². The normalized spacial score (nSPS) is 11.0. The van der Waals surface area contributed by atoms with E-state index in [1.54, 1.807) is 25.8 Å². The number of aromatic nitrogens is 3. The lowest BCUT2D eigenvalue weighted by Crippen LogP contribution is -2.19. The number of ether oxygens (including phenoxy) is 2. The minimum atomic E-state index is -0.106. The fraction of sp³-hybridized carbons (Fsp3) is 0.190. The van der Waals surface area contributed by atoms with E-state index in [2.05, 4.69) is 0 Å². The molecule has 0 spiro atoms. The summed E-state index contributed by atoms with van der Waals surface area (Å²) < 4.78 is 15.1. The summed E-state index contributed by atoms with van der Waals surface area (Å²) in [5.74, 6) is 2.17. The second-order valence-electron chi connectivity index (χ2n) is 6.46. The molecule has 0 amide bonds. The van der Waals surface area contributed by atoms with Crippen LogP contribution in [0.4, 0.5) is 0 Å². The molecule has 0 saturated carbocycles. The van der Waals surface area contributed by atoms with E-state index in [4.69, 9.17) is 26.7 Å². The molecule has 154 valence electrons. The van der Waals surface area contributed by atoms with Crippen molar-refractivity contribution in [2.45, 2.75) is 10.9 Å². The number of thiazole rings is 1. The van der Waals surface area contributed by atoms with E-state index in [-0.39, 0.29) is 5.56 Å². The van der Waals surface area contributed by atoms with Crippen LogP contribution in [0.15, 0.2) is 58.5 Å². The summed E-state index contributed by atoms with van der Waals surface area (Å²) in [5, 5.41) is 0.625. The summed E-state index contributed by atoms with van der Waals surface area (Å²) in [5.41, 5.74) is 2.36. The SMILES string of the molecule is COc1cccc(CSc2nc3c(sc(=S)n3-c3cccc(OC)c3)c(=O)n2C)c1. The molecule has 0 fully saturated rings. The smallest absolute Gasteiger partial charge is 0.273 e. The van der Waals surface area contributed by atoms with Crippen LogP contribution in [0, 0.1) is 3.95 Å². The van der Waals surface area contributed by atoms with E-state index >= 15 is 0 Å². The Balaban J connectivity index is 1.79. The maximum Gasteiger partial charge on any atom is 0.273 e. The molecule has 0 aliphatic carbocycles. The summed E-state index contributed by atoms with van der Waals surface area (Å²) >= 11 is 8.33. The lowest BCUT2D eigenvalue weighted by atomic mass is 10.2. The molecule has 2 heterocycles. The third-order valence-corrected chi connectivity index (χ3v) is 7.04. The van der Waals surface area contributed by atoms with Gasteiger partial charge in [-0.1, -0.05) is 41.3 Å². The van der Waals surface area contributed by atoms with Gasteiger partial charge in [-0.25, -0.2) is 4.98 Å². The molecule has 4 rings (SSSR count). The number of rotatable bonds is 6. The van der Waals surface area contributed by atoms with Crippen LogP contribution < -0.4 is 15.0 Å². The predicted molar refractivity (Wildman–Crippen MR) is 124 cm³/mol. The molecule has 0 atom stereocenters. The van der Waals surface area contributed by atoms with Gasteiger partial charge in [-0.3, -0.25) is 13.9 Å². The Morgan fingerprint density at radius 2 is 1.80 bits per heavy atom. The highest BCUT2D eigenvalue weighted by molar-refractivity contribution is 7.98. The fourth-order valence-corrected chi connectivity index (χ4v) is 5.28. The van der Waals surface area contributed by atoms with Gasteiger partial charge >= 0.3 is 0 Å². The van der Waals surface area contributed by atoms with Crippen molar-refractivity contribution in [2.75, 3.05) is 14.2 Å². The van der Waals surface area contributed by atoms with Crippen LogP contribution in [-0.2, 0) is 12.8 Å². The Morgan fingerprint density at radius 1 is 1.10 bits per heavy atom. The summed E-state index contributed by atoms with van der Waals surface area (Å²) in [6, 6.07) is 15.4. The van der Waals surface area contributed by atoms with Gasteiger partial charge in [0.2, 0.25) is 0 Å². The molecular weight excluding hydrogens is 438 g/mol. The molecule has 2 aromatic carbocycles. The maximum absolute atomic E-state index is 13.0. The molecule has 9 heteroatoms. The monoisotopic (exact) mass is 457 g/mol. The minimum Gasteiger partial charge on any atom is -0.497 e. The van der Waals surface area contributed by atoms with Crippen molar-refractivity contribution in [3.63, 3.8) is 0 Å². The van der Waals surface area contributed by atoms with Gasteiger partial charge in [-0.2, -0.15) is 0 Å². The van der Waals surface area contributed by atoms with Crippen molar-refractivity contribution in [1.29, 1.82) is 0 Å². The predicted octanol–water partition coefficient (Wildman–Crippen LogP) is 4.82. The number of hydrogen-bond acceptors (Lipinski definition) is 7. The molecule has 6 nitrogen and oxygen atoms in total. The number of fused-ring (bicyclic) bond motifs is 1. The topological polar surface area (TPSA) is 58.3 Å². The molecule has 0 unspecified atom stereocenters. The second-order valence-corrected chi connectivity index (χ2v) is 9.04. The molecule has 0 aliphatic heterocycles. The molecule has 0 radical (unpaired) electrons. The minimum absolute atomic E-state index is 0.106. The van der Waals surface area contributed by atoms with E-state index in [0.717, 1.165) is 17.0 Å². The van der Waals surface area contributed by atoms with Crippen molar-refractivity contribution in [3.8, 4) is 17.2 Å². The molecule has 4 aromatic rings. The molecule has 0 aliphatic rings. The average molecular weight is 458 g/mol. The van der Waals surface area contributed by atoms with Gasteiger partial charge in [-0.05, 0) is 42.0 Å². The van der Waals surface area contributed by atoms with E-state index in [9.17, 15) is 4.79 Å². The molecule has 0 saturated heterocycles. The first-order valence-electron chi connectivity index (χ1n) is 9.04. The van der Waals surface area contributed by atoms with E-state index < -0.39 is 0 Å². The molecule has 0 N–H and O–H groups in total. The zero-order valence-electron chi connectivity index (χ0n) is 16.6. The number of benzene rings is 2. The number of methoxy groups -OCH3 is 2. The third kappa shape index (κ3) is 3.88. The first-order chi connectivity index (χ1) is 14.5. The number of hydrogen-bond donors (Lipinski definition) is 0. The first kappa shape index (κ1) is 20.6. The highest BCUT2D eigenvalue weighted by atomic mass is 32.2. The number of thioether (sulfide) groups is 1. The second kappa shape index (κ2) is 8.63. The van der Waals surface area contributed by atoms with Crippen LogP contribution in [0.3, 0.4) is 0 Å². The van der Waals surface area contributed by atoms with Crippen LogP contribution in [0.5, 0.6) is 11.5 Å². The quantitative estimate of drug-likeness (QED) is 0.235. The van der Waals surface area contributed by atoms with Crippen molar-refractivity contribution in [3.05, 3.63) is 68.4 Å². The van der Waals surface area contributed by atoms with Crippen LogP contribution in [0.2, 0.25) is 0 Å². The standard InChI is InChI=1S/C21H19N3O3S3/c1-23-19(25)17-18(22-20(23)29-12-13-6-4-8-15(10-13)26-2)24(21(28)30-17)14-7-5-9-16(11-14)27-3/h4-11H,12H2,1-3H3. The highest BCUT2D eigenvalue weighted by Gasteiger charge is 2.16. The molecule has 30 heavy (non-hydrogen) atoms. The van der Waals surface area contributed by atoms with Crippen LogP contribution in [-0.4, -0.2) is 28.3 Å². The Bertz CT molecular complexity index is 1340. The van der Waals surface area contributed by atoms with E-state index in [1.807, 2.05) is 53.1 Å². The van der Waals surface area contributed by atoms with Gasteiger partial charge in [0.25, 0.3) is 5.56 Å². The summed E-state index contributed by atoms with van der Waals surface area (Å²) in [6.07, 6.45) is 0. The van der Waals surface area contributed by atoms with Crippen molar-refractivity contribution < 1.29 is 9.47 Å². The van der Waals surface area contributed by atoms with Gasteiger partial charge in [0, 0.05) is 18.9 Å². The third-order valence-electron chi connectivity index (χ3n) is 4.59. The molecule has 0 bridgehead atoms.